The number of rotatable bonds is 5. The number of hydrogen-bond acceptors (Lipinski definition) is 3. The van der Waals surface area contributed by atoms with Crippen molar-refractivity contribution < 1.29 is 4.79 Å². The van der Waals surface area contributed by atoms with Crippen molar-refractivity contribution in [1.29, 1.82) is 0 Å². The standard InChI is InChI=1S/C17H18N4O2/c1-20-14-4-2-3-5-15(14)21(17(20)23)11-8-16(22)19-12-13-6-9-18-10-7-13/h2-7,9-10H,8,11-12H2,1H3,(H,19,22). The zero-order valence-electron chi connectivity index (χ0n) is 12.9. The summed E-state index contributed by atoms with van der Waals surface area (Å²) in [6.07, 6.45) is 3.65. The third-order valence-corrected chi connectivity index (χ3v) is 3.85. The molecule has 3 aromatic rings. The maximum Gasteiger partial charge on any atom is 0.328 e. The van der Waals surface area contributed by atoms with Crippen molar-refractivity contribution in [3.63, 3.8) is 0 Å². The number of amides is 1. The number of benzene rings is 1. The SMILES string of the molecule is Cn1c(=O)n(CCC(=O)NCc2ccncc2)c2ccccc21. The predicted molar refractivity (Wildman–Crippen MR) is 87.9 cm³/mol. The fraction of sp³-hybridized carbons (Fsp3) is 0.235. The van der Waals surface area contributed by atoms with Gasteiger partial charge in [-0.1, -0.05) is 12.1 Å². The molecule has 1 N–H and O–H groups in total. The van der Waals surface area contributed by atoms with E-state index in [1.165, 1.54) is 0 Å². The number of hydrogen-bond donors (Lipinski definition) is 1. The minimum absolute atomic E-state index is 0.0818. The lowest BCUT2D eigenvalue weighted by Crippen LogP contribution is -2.27. The monoisotopic (exact) mass is 310 g/mol. The van der Waals surface area contributed by atoms with Gasteiger partial charge in [0, 0.05) is 39.0 Å². The molecule has 0 unspecified atom stereocenters. The topological polar surface area (TPSA) is 68.9 Å². The molecule has 0 fully saturated rings. The molecule has 2 aromatic heterocycles. The Morgan fingerprint density at radius 3 is 2.57 bits per heavy atom. The maximum absolute atomic E-state index is 12.3. The molecule has 23 heavy (non-hydrogen) atoms. The summed E-state index contributed by atoms with van der Waals surface area (Å²) < 4.78 is 3.24. The van der Waals surface area contributed by atoms with Crippen LogP contribution < -0.4 is 11.0 Å². The summed E-state index contributed by atoms with van der Waals surface area (Å²) in [5.41, 5.74) is 2.61. The van der Waals surface area contributed by atoms with Crippen LogP contribution in [0, 0.1) is 0 Å². The second-order valence-electron chi connectivity index (χ2n) is 5.36. The van der Waals surface area contributed by atoms with Crippen molar-refractivity contribution >= 4 is 16.9 Å². The van der Waals surface area contributed by atoms with Gasteiger partial charge >= 0.3 is 5.69 Å². The molecule has 2 heterocycles. The van der Waals surface area contributed by atoms with Crippen LogP contribution in [0.3, 0.4) is 0 Å². The van der Waals surface area contributed by atoms with Crippen molar-refractivity contribution in [2.45, 2.75) is 19.5 Å². The van der Waals surface area contributed by atoms with Gasteiger partial charge in [0.25, 0.3) is 0 Å². The first-order chi connectivity index (χ1) is 11.2. The highest BCUT2D eigenvalue weighted by molar-refractivity contribution is 5.77. The number of imidazole rings is 1. The molecule has 0 bridgehead atoms. The van der Waals surface area contributed by atoms with Crippen LogP contribution >= 0.6 is 0 Å². The summed E-state index contributed by atoms with van der Waals surface area (Å²) in [7, 11) is 1.74. The third kappa shape index (κ3) is 3.15. The molecule has 0 spiro atoms. The number of carbonyl (C=O) groups excluding carboxylic acids is 1. The maximum atomic E-state index is 12.3. The van der Waals surface area contributed by atoms with E-state index in [0.717, 1.165) is 16.6 Å². The molecule has 0 atom stereocenters. The highest BCUT2D eigenvalue weighted by atomic mass is 16.2. The highest BCUT2D eigenvalue weighted by Gasteiger charge is 2.11. The molecule has 1 aromatic carbocycles. The molecule has 118 valence electrons. The Balaban J connectivity index is 1.66. The van der Waals surface area contributed by atoms with Gasteiger partial charge < -0.3 is 5.32 Å². The molecule has 1 amide bonds. The number of fused-ring (bicyclic) bond motifs is 1. The number of nitrogens with one attached hydrogen (secondary N) is 1. The third-order valence-electron chi connectivity index (χ3n) is 3.85. The van der Waals surface area contributed by atoms with E-state index in [4.69, 9.17) is 0 Å². The summed E-state index contributed by atoms with van der Waals surface area (Å²) in [5, 5.41) is 2.85. The number of pyridine rings is 1. The predicted octanol–water partition coefficient (Wildman–Crippen LogP) is 1.44. The van der Waals surface area contributed by atoms with E-state index in [1.807, 2.05) is 36.4 Å². The lowest BCUT2D eigenvalue weighted by Gasteiger charge is -2.06. The van der Waals surface area contributed by atoms with Crippen molar-refractivity contribution in [2.75, 3.05) is 0 Å². The number of nitrogens with zero attached hydrogens (tertiary/aromatic N) is 3. The molecular formula is C17H18N4O2. The van der Waals surface area contributed by atoms with Crippen LogP contribution in [-0.2, 0) is 24.9 Å². The molecule has 0 saturated heterocycles. The fourth-order valence-electron chi connectivity index (χ4n) is 2.58. The van der Waals surface area contributed by atoms with E-state index in [-0.39, 0.29) is 18.0 Å². The minimum atomic E-state index is -0.104. The fourth-order valence-corrected chi connectivity index (χ4v) is 2.58. The van der Waals surface area contributed by atoms with Gasteiger partial charge in [0.2, 0.25) is 5.91 Å². The van der Waals surface area contributed by atoms with Crippen molar-refractivity contribution in [3.05, 3.63) is 64.8 Å². The van der Waals surface area contributed by atoms with Gasteiger partial charge in [-0.15, -0.1) is 0 Å². The smallest absolute Gasteiger partial charge is 0.328 e. The molecule has 6 nitrogen and oxygen atoms in total. The molecule has 0 radical (unpaired) electrons. The van der Waals surface area contributed by atoms with E-state index < -0.39 is 0 Å². The second kappa shape index (κ2) is 6.48. The van der Waals surface area contributed by atoms with Gasteiger partial charge in [0.05, 0.1) is 11.0 Å². The van der Waals surface area contributed by atoms with Crippen LogP contribution in [0.25, 0.3) is 11.0 Å². The molecular weight excluding hydrogens is 292 g/mol. The highest BCUT2D eigenvalue weighted by Crippen LogP contribution is 2.11. The summed E-state index contributed by atoms with van der Waals surface area (Å²) in [5.74, 6) is -0.0818. The molecule has 3 rings (SSSR count). The van der Waals surface area contributed by atoms with E-state index in [9.17, 15) is 9.59 Å². The Bertz CT molecular complexity index is 880. The molecule has 6 heteroatoms. The van der Waals surface area contributed by atoms with Gasteiger partial charge in [-0.05, 0) is 29.8 Å². The zero-order valence-corrected chi connectivity index (χ0v) is 12.9. The number of aryl methyl sites for hydroxylation is 2. The van der Waals surface area contributed by atoms with Crippen molar-refractivity contribution in [2.24, 2.45) is 7.05 Å². The first kappa shape index (κ1) is 15.0. The molecule has 0 aliphatic heterocycles. The second-order valence-corrected chi connectivity index (χ2v) is 5.36. The van der Waals surface area contributed by atoms with E-state index in [0.29, 0.717) is 13.1 Å². The summed E-state index contributed by atoms with van der Waals surface area (Å²) >= 11 is 0. The summed E-state index contributed by atoms with van der Waals surface area (Å²) in [4.78, 5) is 28.2. The van der Waals surface area contributed by atoms with Crippen LogP contribution in [0.1, 0.15) is 12.0 Å². The van der Waals surface area contributed by atoms with Crippen molar-refractivity contribution in [1.82, 2.24) is 19.4 Å². The number of carbonyl (C=O) groups is 1. The van der Waals surface area contributed by atoms with Crippen LogP contribution in [0.4, 0.5) is 0 Å². The van der Waals surface area contributed by atoms with Crippen LogP contribution in [-0.4, -0.2) is 20.0 Å². The van der Waals surface area contributed by atoms with Gasteiger partial charge in [-0.2, -0.15) is 0 Å². The first-order valence-corrected chi connectivity index (χ1v) is 7.46. The average molecular weight is 310 g/mol. The lowest BCUT2D eigenvalue weighted by molar-refractivity contribution is -0.121. The van der Waals surface area contributed by atoms with Crippen LogP contribution in [0.5, 0.6) is 0 Å². The summed E-state index contributed by atoms with van der Waals surface area (Å²) in [6.45, 7) is 0.828. The average Bonchev–Trinajstić information content (AvgIpc) is 2.83. The van der Waals surface area contributed by atoms with Gasteiger partial charge in [0.15, 0.2) is 0 Å². The summed E-state index contributed by atoms with van der Waals surface area (Å²) in [6, 6.07) is 11.3. The Morgan fingerprint density at radius 1 is 1.13 bits per heavy atom. The normalized spacial score (nSPS) is 10.8. The van der Waals surface area contributed by atoms with Gasteiger partial charge in [0.1, 0.15) is 0 Å². The zero-order chi connectivity index (χ0) is 16.2. The number of para-hydroxylation sites is 2. The van der Waals surface area contributed by atoms with Crippen LogP contribution in [0.15, 0.2) is 53.6 Å². The lowest BCUT2D eigenvalue weighted by atomic mass is 10.2. The Kier molecular flexibility index (Phi) is 4.23. The van der Waals surface area contributed by atoms with E-state index in [2.05, 4.69) is 10.3 Å². The quantitative estimate of drug-likeness (QED) is 0.775. The Morgan fingerprint density at radius 2 is 1.83 bits per heavy atom. The van der Waals surface area contributed by atoms with E-state index >= 15 is 0 Å². The molecule has 0 aliphatic rings. The van der Waals surface area contributed by atoms with Gasteiger partial charge in [-0.3, -0.25) is 18.9 Å². The number of aromatic nitrogens is 3. The minimum Gasteiger partial charge on any atom is -0.352 e. The Labute approximate surface area is 133 Å². The largest absolute Gasteiger partial charge is 0.352 e. The molecule has 0 saturated carbocycles. The Hall–Kier alpha value is -2.89. The van der Waals surface area contributed by atoms with Crippen LogP contribution in [0.2, 0.25) is 0 Å². The molecule has 0 aliphatic carbocycles. The van der Waals surface area contributed by atoms with Crippen molar-refractivity contribution in [3.8, 4) is 0 Å². The first-order valence-electron chi connectivity index (χ1n) is 7.46. The van der Waals surface area contributed by atoms with E-state index in [1.54, 1.807) is 28.6 Å². The van der Waals surface area contributed by atoms with Gasteiger partial charge in [-0.25, -0.2) is 4.79 Å².